The number of aromatic carboxylic acids is 1. The average Bonchev–Trinajstić information content (AvgIpc) is 3.25. The number of halogens is 1. The van der Waals surface area contributed by atoms with Crippen molar-refractivity contribution in [1.82, 2.24) is 9.97 Å². The first kappa shape index (κ1) is 19.4. The van der Waals surface area contributed by atoms with Crippen molar-refractivity contribution in [2.24, 2.45) is 4.99 Å². The molecule has 0 atom stereocenters. The van der Waals surface area contributed by atoms with Gasteiger partial charge < -0.3 is 10.4 Å². The Bertz CT molecular complexity index is 1320. The Morgan fingerprint density at radius 1 is 1.10 bits per heavy atom. The molecule has 2 aromatic heterocycles. The molecule has 1 aliphatic heterocycles. The summed E-state index contributed by atoms with van der Waals surface area (Å²) in [5, 5.41) is 14.9. The van der Waals surface area contributed by atoms with Crippen LogP contribution in [0.2, 0.25) is 5.02 Å². The summed E-state index contributed by atoms with van der Waals surface area (Å²) in [6.45, 7) is 0.461. The van der Waals surface area contributed by atoms with Crippen LogP contribution in [0.1, 0.15) is 26.4 Å². The second-order valence-electron chi connectivity index (χ2n) is 6.91. The molecule has 0 saturated carbocycles. The van der Waals surface area contributed by atoms with Crippen LogP contribution in [0.4, 0.5) is 11.6 Å². The Labute approximate surface area is 186 Å². The van der Waals surface area contributed by atoms with Gasteiger partial charge in [0.15, 0.2) is 0 Å². The van der Waals surface area contributed by atoms with Gasteiger partial charge in [-0.25, -0.2) is 14.8 Å². The molecule has 0 bridgehead atoms. The third kappa shape index (κ3) is 3.81. The number of aromatic nitrogens is 2. The van der Waals surface area contributed by atoms with E-state index in [2.05, 4.69) is 10.3 Å². The van der Waals surface area contributed by atoms with Crippen LogP contribution in [0.25, 0.3) is 11.3 Å². The number of carbonyl (C=O) groups is 1. The van der Waals surface area contributed by atoms with E-state index in [0.29, 0.717) is 23.2 Å². The number of aliphatic imine (C=N–C) groups is 1. The van der Waals surface area contributed by atoms with Gasteiger partial charge in [-0.05, 0) is 47.8 Å². The molecule has 0 fully saturated rings. The number of hydrogen-bond donors (Lipinski definition) is 2. The second kappa shape index (κ2) is 7.94. The van der Waals surface area contributed by atoms with Gasteiger partial charge in [0.1, 0.15) is 0 Å². The molecule has 2 aromatic carbocycles. The fourth-order valence-electron chi connectivity index (χ4n) is 3.43. The Kier molecular flexibility index (Phi) is 4.97. The lowest BCUT2D eigenvalue weighted by Gasteiger charge is -2.12. The first-order valence-electron chi connectivity index (χ1n) is 9.43. The van der Waals surface area contributed by atoms with E-state index in [1.165, 1.54) is 12.1 Å². The zero-order chi connectivity index (χ0) is 21.4. The maximum Gasteiger partial charge on any atom is 0.335 e. The number of anilines is 2. The fraction of sp³-hybridized carbons (Fsp3) is 0.0435. The molecule has 6 nitrogen and oxygen atoms in total. The van der Waals surface area contributed by atoms with E-state index in [9.17, 15) is 4.79 Å². The first-order valence-corrected chi connectivity index (χ1v) is 10.7. The van der Waals surface area contributed by atoms with Crippen molar-refractivity contribution in [2.75, 3.05) is 5.32 Å². The maximum absolute atomic E-state index is 11.1. The predicted octanol–water partition coefficient (Wildman–Crippen LogP) is 5.65. The molecule has 152 valence electrons. The van der Waals surface area contributed by atoms with Crippen molar-refractivity contribution in [1.29, 1.82) is 0 Å². The Hall–Kier alpha value is -3.55. The zero-order valence-corrected chi connectivity index (χ0v) is 17.6. The molecule has 4 aromatic rings. The summed E-state index contributed by atoms with van der Waals surface area (Å²) in [5.74, 6) is -0.549. The maximum atomic E-state index is 11.1. The number of nitrogens with zero attached hydrogens (tertiary/aromatic N) is 3. The molecule has 0 spiro atoms. The van der Waals surface area contributed by atoms with Gasteiger partial charge in [-0.1, -0.05) is 23.7 Å². The Morgan fingerprint density at radius 3 is 2.68 bits per heavy atom. The van der Waals surface area contributed by atoms with E-state index < -0.39 is 5.97 Å². The van der Waals surface area contributed by atoms with Crippen molar-refractivity contribution in [3.63, 3.8) is 0 Å². The van der Waals surface area contributed by atoms with Crippen LogP contribution in [-0.2, 0) is 6.54 Å². The molecule has 8 heteroatoms. The molecular weight excluding hydrogens is 432 g/mol. The summed E-state index contributed by atoms with van der Waals surface area (Å²) in [6.07, 6.45) is 1.77. The van der Waals surface area contributed by atoms with E-state index in [1.807, 2.05) is 35.7 Å². The average molecular weight is 447 g/mol. The monoisotopic (exact) mass is 446 g/mol. The summed E-state index contributed by atoms with van der Waals surface area (Å²) in [6, 6.07) is 16.2. The highest BCUT2D eigenvalue weighted by molar-refractivity contribution is 7.12. The van der Waals surface area contributed by atoms with Crippen LogP contribution >= 0.6 is 22.9 Å². The quantitative estimate of drug-likeness (QED) is 0.423. The van der Waals surface area contributed by atoms with E-state index in [4.69, 9.17) is 26.7 Å². The van der Waals surface area contributed by atoms with Gasteiger partial charge in [0, 0.05) is 33.6 Å². The van der Waals surface area contributed by atoms with E-state index in [0.717, 1.165) is 33.0 Å². The molecule has 0 saturated heterocycles. The smallest absolute Gasteiger partial charge is 0.335 e. The summed E-state index contributed by atoms with van der Waals surface area (Å²) in [7, 11) is 0. The minimum Gasteiger partial charge on any atom is -0.478 e. The van der Waals surface area contributed by atoms with Crippen LogP contribution in [0, 0.1) is 0 Å². The highest BCUT2D eigenvalue weighted by Gasteiger charge is 2.22. The van der Waals surface area contributed by atoms with Gasteiger partial charge in [-0.3, -0.25) is 4.99 Å². The van der Waals surface area contributed by atoms with Crippen molar-refractivity contribution < 1.29 is 9.90 Å². The molecule has 31 heavy (non-hydrogen) atoms. The van der Waals surface area contributed by atoms with Crippen LogP contribution in [0.15, 0.2) is 71.2 Å². The molecule has 0 radical (unpaired) electrons. The molecule has 2 N–H and O–H groups in total. The number of benzene rings is 2. The molecule has 1 aliphatic rings. The third-order valence-corrected chi connectivity index (χ3v) is 6.02. The highest BCUT2D eigenvalue weighted by Crippen LogP contribution is 2.34. The van der Waals surface area contributed by atoms with Crippen LogP contribution in [0.5, 0.6) is 0 Å². The number of carboxylic acids is 1. The van der Waals surface area contributed by atoms with Crippen molar-refractivity contribution in [3.05, 3.63) is 92.8 Å². The Balaban J connectivity index is 1.55. The molecule has 5 rings (SSSR count). The van der Waals surface area contributed by atoms with Crippen molar-refractivity contribution in [3.8, 4) is 11.3 Å². The van der Waals surface area contributed by atoms with Gasteiger partial charge in [0.05, 0.1) is 28.4 Å². The Morgan fingerprint density at radius 2 is 1.94 bits per heavy atom. The largest absolute Gasteiger partial charge is 0.478 e. The number of rotatable bonds is 4. The molecule has 0 aliphatic carbocycles. The number of nitrogens with one attached hydrogen (secondary N) is 1. The number of thiophene rings is 1. The van der Waals surface area contributed by atoms with Crippen molar-refractivity contribution in [2.45, 2.75) is 6.54 Å². The van der Waals surface area contributed by atoms with Gasteiger partial charge in [0.25, 0.3) is 0 Å². The lowest BCUT2D eigenvalue weighted by atomic mass is 9.98. The van der Waals surface area contributed by atoms with Gasteiger partial charge >= 0.3 is 5.97 Å². The third-order valence-electron chi connectivity index (χ3n) is 4.91. The lowest BCUT2D eigenvalue weighted by Crippen LogP contribution is -2.04. The summed E-state index contributed by atoms with van der Waals surface area (Å²) >= 11 is 7.95. The van der Waals surface area contributed by atoms with E-state index >= 15 is 0 Å². The van der Waals surface area contributed by atoms with E-state index in [1.54, 1.807) is 29.7 Å². The fourth-order valence-corrected chi connectivity index (χ4v) is 4.35. The van der Waals surface area contributed by atoms with Crippen LogP contribution in [0.3, 0.4) is 0 Å². The number of hydrogen-bond acceptors (Lipinski definition) is 6. The van der Waals surface area contributed by atoms with Gasteiger partial charge in [0.2, 0.25) is 5.95 Å². The first-order chi connectivity index (χ1) is 15.1. The normalized spacial score (nSPS) is 12.4. The minimum atomic E-state index is -0.968. The predicted molar refractivity (Wildman–Crippen MR) is 123 cm³/mol. The highest BCUT2D eigenvalue weighted by atomic mass is 35.5. The summed E-state index contributed by atoms with van der Waals surface area (Å²) < 4.78 is 0. The SMILES string of the molecule is O=C(O)c1ccc(Nc2ncc3c(n2)-c2ccc(Cl)cc2C(c2cccs2)=NC3)cc1. The topological polar surface area (TPSA) is 87.5 Å². The molecular formula is C23H15ClN4O2S. The van der Waals surface area contributed by atoms with Crippen molar-refractivity contribution >= 4 is 46.3 Å². The standard InChI is InChI=1S/C23H15ClN4O2S/c24-15-5-8-17-18(10-15)21(19-2-1-9-31-19)25-11-14-12-26-23(28-20(14)17)27-16-6-3-13(4-7-16)22(29)30/h1-10,12H,11H2,(H,29,30)(H,26,27,28). The molecule has 3 heterocycles. The van der Waals surface area contributed by atoms with E-state index in [-0.39, 0.29) is 5.56 Å². The van der Waals surface area contributed by atoms with Gasteiger partial charge in [-0.15, -0.1) is 11.3 Å². The minimum absolute atomic E-state index is 0.220. The number of fused-ring (bicyclic) bond motifs is 3. The zero-order valence-electron chi connectivity index (χ0n) is 16.0. The second-order valence-corrected chi connectivity index (χ2v) is 8.29. The van der Waals surface area contributed by atoms with Gasteiger partial charge in [-0.2, -0.15) is 0 Å². The number of carboxylic acid groups (broad SMARTS) is 1. The van der Waals surface area contributed by atoms with Crippen LogP contribution in [-0.4, -0.2) is 26.8 Å². The van der Waals surface area contributed by atoms with Crippen LogP contribution < -0.4 is 5.32 Å². The summed E-state index contributed by atoms with van der Waals surface area (Å²) in [5.41, 5.74) is 5.40. The summed E-state index contributed by atoms with van der Waals surface area (Å²) in [4.78, 5) is 26.2. The molecule has 0 amide bonds. The molecule has 0 unspecified atom stereocenters. The lowest BCUT2D eigenvalue weighted by molar-refractivity contribution is 0.0697.